The van der Waals surface area contributed by atoms with E-state index in [2.05, 4.69) is 22.5 Å². The highest BCUT2D eigenvalue weighted by molar-refractivity contribution is 5.84. The van der Waals surface area contributed by atoms with Crippen LogP contribution in [0.1, 0.15) is 30.1 Å². The van der Waals surface area contributed by atoms with E-state index < -0.39 is 18.1 Å². The maximum absolute atomic E-state index is 11.2. The number of carboxylic acids is 1. The topological polar surface area (TPSA) is 149 Å². The van der Waals surface area contributed by atoms with Crippen molar-refractivity contribution >= 4 is 16.9 Å². The molecule has 0 radical (unpaired) electrons. The Bertz CT molecular complexity index is 1300. The number of hydrogen-bond acceptors (Lipinski definition) is 8. The van der Waals surface area contributed by atoms with Crippen molar-refractivity contribution in [2.75, 3.05) is 20.2 Å². The van der Waals surface area contributed by atoms with Gasteiger partial charge in [0.25, 0.3) is 0 Å². The highest BCUT2D eigenvalue weighted by Crippen LogP contribution is 2.42. The Kier molecular flexibility index (Phi) is 8.51. The first kappa shape index (κ1) is 27.4. The molecule has 0 saturated carbocycles. The third-order valence-corrected chi connectivity index (χ3v) is 7.63. The number of phenols is 2. The quantitative estimate of drug-likeness (QED) is 0.233. The van der Waals surface area contributed by atoms with E-state index in [1.54, 1.807) is 13.3 Å². The third-order valence-electron chi connectivity index (χ3n) is 7.63. The van der Waals surface area contributed by atoms with Crippen LogP contribution in [0, 0.1) is 11.8 Å². The second-order valence-corrected chi connectivity index (χ2v) is 9.95. The molecule has 6 rings (SSSR count). The molecule has 202 valence electrons. The van der Waals surface area contributed by atoms with Crippen LogP contribution in [0.15, 0.2) is 61.3 Å². The summed E-state index contributed by atoms with van der Waals surface area (Å²) in [5.74, 6) is 0.391. The number of aliphatic carboxylic acids is 1. The molecule has 4 heterocycles. The molecule has 3 aliphatic heterocycles. The number of aliphatic hydroxyl groups excluding tert-OH is 1. The largest absolute Gasteiger partial charge is 0.504 e. The fourth-order valence-electron chi connectivity index (χ4n) is 5.48. The average Bonchev–Trinajstić information content (AvgIpc) is 2.94. The second-order valence-electron chi connectivity index (χ2n) is 9.95. The lowest BCUT2D eigenvalue weighted by Crippen LogP contribution is -2.54. The van der Waals surface area contributed by atoms with Crippen LogP contribution >= 0.6 is 0 Å². The molecule has 3 aromatic rings. The highest BCUT2D eigenvalue weighted by atomic mass is 16.5. The van der Waals surface area contributed by atoms with Gasteiger partial charge in [-0.1, -0.05) is 12.1 Å². The lowest BCUT2D eigenvalue weighted by molar-refractivity contribution is -0.138. The summed E-state index contributed by atoms with van der Waals surface area (Å²) < 4.78 is 5.35. The number of aromatic hydroxyl groups is 2. The SMILES string of the molecule is C=C[C@H]1C[N@]2CC[C@H]1C[C@H]2[C@H](O)c1ccnc2ccc(OC)cc12.NC(Cc1ccc(O)c(O)c1)C(=O)O. The second kappa shape index (κ2) is 11.8. The number of carbonyl (C=O) groups is 1. The van der Waals surface area contributed by atoms with Crippen LogP contribution in [0.4, 0.5) is 0 Å². The van der Waals surface area contributed by atoms with E-state index in [1.165, 1.54) is 24.6 Å². The number of aliphatic hydroxyl groups is 1. The van der Waals surface area contributed by atoms with E-state index in [0.29, 0.717) is 17.4 Å². The highest BCUT2D eigenvalue weighted by Gasteiger charge is 2.42. The van der Waals surface area contributed by atoms with Crippen LogP contribution in [0.2, 0.25) is 0 Å². The number of phenolic OH excluding ortho intramolecular Hbond substituents is 2. The van der Waals surface area contributed by atoms with Gasteiger partial charge in [-0.15, -0.1) is 6.58 Å². The number of hydrogen-bond donors (Lipinski definition) is 5. The zero-order valence-electron chi connectivity index (χ0n) is 21.4. The lowest BCUT2D eigenvalue weighted by atomic mass is 9.73. The maximum atomic E-state index is 11.2. The minimum atomic E-state index is -1.10. The van der Waals surface area contributed by atoms with Gasteiger partial charge in [0, 0.05) is 24.2 Å². The standard InChI is InChI=1S/C20H24N2O2.C9H11NO4/c1-3-13-12-22-9-7-14(13)10-19(22)20(23)16-6-8-21-18-5-4-15(24-2)11-17(16)18;10-6(9(13)14)3-5-1-2-7(11)8(12)4-5/h3-6,8,11,13-14,19-20,23H,1,7,9-10,12H2,2H3;1-2,4,6,11-12H,3,10H2,(H,13,14)/t13-,14-,19-,20+;/m0./s1. The Hall–Kier alpha value is -3.66. The number of ether oxygens (including phenoxy) is 1. The predicted octanol–water partition coefficient (Wildman–Crippen LogP) is 3.23. The van der Waals surface area contributed by atoms with Gasteiger partial charge in [-0.25, -0.2) is 0 Å². The molecule has 3 aliphatic rings. The van der Waals surface area contributed by atoms with Crippen molar-refractivity contribution in [3.05, 3.63) is 72.4 Å². The number of carboxylic acid groups (broad SMARTS) is 1. The summed E-state index contributed by atoms with van der Waals surface area (Å²) in [5, 5.41) is 38.8. The summed E-state index contributed by atoms with van der Waals surface area (Å²) in [5.41, 5.74) is 7.70. The fourth-order valence-corrected chi connectivity index (χ4v) is 5.48. The first-order chi connectivity index (χ1) is 18.2. The van der Waals surface area contributed by atoms with Gasteiger partial charge in [-0.05, 0) is 85.2 Å². The molecule has 0 aliphatic carbocycles. The number of methoxy groups -OCH3 is 1. The molecule has 38 heavy (non-hydrogen) atoms. The number of fused-ring (bicyclic) bond motifs is 4. The Morgan fingerprint density at radius 3 is 2.66 bits per heavy atom. The molecular formula is C29H35N3O6. The third kappa shape index (κ3) is 5.91. The molecule has 1 aromatic heterocycles. The molecule has 0 amide bonds. The predicted molar refractivity (Wildman–Crippen MR) is 144 cm³/mol. The summed E-state index contributed by atoms with van der Waals surface area (Å²) >= 11 is 0. The molecule has 3 saturated heterocycles. The van der Waals surface area contributed by atoms with E-state index in [4.69, 9.17) is 25.8 Å². The first-order valence-corrected chi connectivity index (χ1v) is 12.7. The zero-order chi connectivity index (χ0) is 27.4. The number of nitrogens with two attached hydrogens (primary N) is 1. The minimum absolute atomic E-state index is 0.114. The van der Waals surface area contributed by atoms with Gasteiger partial charge in [-0.2, -0.15) is 0 Å². The van der Waals surface area contributed by atoms with Gasteiger partial charge < -0.3 is 30.9 Å². The Morgan fingerprint density at radius 1 is 1.24 bits per heavy atom. The van der Waals surface area contributed by atoms with E-state index in [0.717, 1.165) is 41.7 Å². The van der Waals surface area contributed by atoms with Gasteiger partial charge >= 0.3 is 5.97 Å². The molecule has 6 N–H and O–H groups in total. The maximum Gasteiger partial charge on any atom is 0.320 e. The first-order valence-electron chi connectivity index (χ1n) is 12.7. The van der Waals surface area contributed by atoms with E-state index in [1.807, 2.05) is 24.3 Å². The Labute approximate surface area is 221 Å². The summed E-state index contributed by atoms with van der Waals surface area (Å²) in [6.45, 7) is 6.07. The van der Waals surface area contributed by atoms with Crippen molar-refractivity contribution < 1.29 is 30.0 Å². The van der Waals surface area contributed by atoms with Crippen LogP contribution in [0.5, 0.6) is 17.2 Å². The number of piperidine rings is 3. The number of rotatable bonds is 7. The average molecular weight is 522 g/mol. The van der Waals surface area contributed by atoms with Crippen LogP contribution in [-0.2, 0) is 11.2 Å². The lowest BCUT2D eigenvalue weighted by Gasteiger charge is -2.50. The van der Waals surface area contributed by atoms with E-state index in [-0.39, 0.29) is 24.0 Å². The molecule has 9 heteroatoms. The van der Waals surface area contributed by atoms with Gasteiger partial charge in [0.1, 0.15) is 11.8 Å². The molecule has 2 bridgehead atoms. The van der Waals surface area contributed by atoms with Gasteiger partial charge in [-0.3, -0.25) is 14.7 Å². The zero-order valence-corrected chi connectivity index (χ0v) is 21.4. The minimum Gasteiger partial charge on any atom is -0.504 e. The fraction of sp³-hybridized carbons (Fsp3) is 0.379. The summed E-state index contributed by atoms with van der Waals surface area (Å²) in [6, 6.07) is 11.0. The summed E-state index contributed by atoms with van der Waals surface area (Å²) in [4.78, 5) is 17.3. The normalized spacial score (nSPS) is 23.7. The van der Waals surface area contributed by atoms with Gasteiger partial charge in [0.15, 0.2) is 11.5 Å². The summed E-state index contributed by atoms with van der Waals surface area (Å²) in [7, 11) is 1.66. The van der Waals surface area contributed by atoms with Crippen LogP contribution < -0.4 is 10.5 Å². The smallest absolute Gasteiger partial charge is 0.320 e. The van der Waals surface area contributed by atoms with Crippen molar-refractivity contribution in [1.82, 2.24) is 9.88 Å². The number of aromatic nitrogens is 1. The monoisotopic (exact) mass is 521 g/mol. The number of benzene rings is 2. The molecule has 9 nitrogen and oxygen atoms in total. The van der Waals surface area contributed by atoms with Gasteiger partial charge in [0.05, 0.1) is 18.7 Å². The van der Waals surface area contributed by atoms with Crippen molar-refractivity contribution in [1.29, 1.82) is 0 Å². The van der Waals surface area contributed by atoms with Crippen LogP contribution in [-0.4, -0.2) is 68.6 Å². The molecule has 1 unspecified atom stereocenters. The molecule has 3 fully saturated rings. The van der Waals surface area contributed by atoms with E-state index in [9.17, 15) is 9.90 Å². The van der Waals surface area contributed by atoms with Crippen LogP contribution in [0.25, 0.3) is 10.9 Å². The molecule has 6 atom stereocenters. The molecule has 2 aromatic carbocycles. The Morgan fingerprint density at radius 2 is 2.03 bits per heavy atom. The Balaban J connectivity index is 0.000000206. The van der Waals surface area contributed by atoms with Crippen molar-refractivity contribution in [2.24, 2.45) is 17.6 Å². The molecular weight excluding hydrogens is 486 g/mol. The van der Waals surface area contributed by atoms with E-state index >= 15 is 0 Å². The molecule has 0 spiro atoms. The van der Waals surface area contributed by atoms with Crippen molar-refractivity contribution in [3.8, 4) is 17.2 Å². The number of nitrogens with zero attached hydrogens (tertiary/aromatic N) is 2. The van der Waals surface area contributed by atoms with Gasteiger partial charge in [0.2, 0.25) is 0 Å². The summed E-state index contributed by atoms with van der Waals surface area (Å²) in [6.07, 6.45) is 5.73. The van der Waals surface area contributed by atoms with Crippen molar-refractivity contribution in [3.63, 3.8) is 0 Å². The van der Waals surface area contributed by atoms with Crippen LogP contribution in [0.3, 0.4) is 0 Å². The van der Waals surface area contributed by atoms with Crippen molar-refractivity contribution in [2.45, 2.75) is 37.5 Å². The number of pyridine rings is 1.